The minimum absolute atomic E-state index is 0.805. The molecule has 0 bridgehead atoms. The van der Waals surface area contributed by atoms with Gasteiger partial charge in [0.15, 0.2) is 6.71 Å². The Bertz CT molecular complexity index is 174. The second-order valence-electron chi connectivity index (χ2n) is 3.52. The van der Waals surface area contributed by atoms with Gasteiger partial charge in [0.1, 0.15) is 0 Å². The molecule has 2 heteroatoms. The molecular formula is C9H16BN. The van der Waals surface area contributed by atoms with E-state index in [1.54, 1.807) is 0 Å². The molecule has 0 amide bonds. The van der Waals surface area contributed by atoms with Crippen LogP contribution in [0.2, 0.25) is 12.6 Å². The molecule has 1 heterocycles. The smallest absolute Gasteiger partial charge is 0.167 e. The van der Waals surface area contributed by atoms with E-state index in [0.29, 0.717) is 0 Å². The Morgan fingerprint density at radius 1 is 1.73 bits per heavy atom. The highest BCUT2D eigenvalue weighted by atomic mass is 14.8. The molecule has 60 valence electrons. The van der Waals surface area contributed by atoms with Crippen molar-refractivity contribution in [2.75, 3.05) is 6.44 Å². The van der Waals surface area contributed by atoms with Crippen LogP contribution in [0, 0.1) is 0 Å². The lowest BCUT2D eigenvalue weighted by molar-refractivity contribution is 0.940. The first-order valence-electron chi connectivity index (χ1n) is 4.24. The van der Waals surface area contributed by atoms with Crippen LogP contribution in [0.1, 0.15) is 13.3 Å². The van der Waals surface area contributed by atoms with Gasteiger partial charge in [0, 0.05) is 0 Å². The minimum atomic E-state index is 0.805. The van der Waals surface area contributed by atoms with Gasteiger partial charge in [0.25, 0.3) is 0 Å². The second kappa shape index (κ2) is 3.65. The fraction of sp³-hybridized carbons (Fsp3) is 0.556. The Kier molecular flexibility index (Phi) is 2.80. The summed E-state index contributed by atoms with van der Waals surface area (Å²) < 4.78 is 0. The second-order valence-corrected chi connectivity index (χ2v) is 3.52. The van der Waals surface area contributed by atoms with Crippen molar-refractivity contribution in [1.29, 1.82) is 0 Å². The van der Waals surface area contributed by atoms with Crippen molar-refractivity contribution in [3.63, 3.8) is 0 Å². The van der Waals surface area contributed by atoms with E-state index < -0.39 is 0 Å². The maximum Gasteiger partial charge on any atom is 0.167 e. The molecule has 1 fully saturated rings. The molecule has 0 aromatic rings. The summed E-state index contributed by atoms with van der Waals surface area (Å²) in [7, 11) is 0. The SMILES string of the molecule is C=C1CCB(CNC(=C)C)C1. The molecule has 1 saturated heterocycles. The van der Waals surface area contributed by atoms with Crippen molar-refractivity contribution in [3.8, 4) is 0 Å². The minimum Gasteiger partial charge on any atom is -0.397 e. The van der Waals surface area contributed by atoms with Crippen LogP contribution in [0.4, 0.5) is 0 Å². The molecule has 1 nitrogen and oxygen atoms in total. The zero-order valence-corrected chi connectivity index (χ0v) is 7.32. The highest BCUT2D eigenvalue weighted by molar-refractivity contribution is 6.60. The molecular weight excluding hydrogens is 133 g/mol. The summed E-state index contributed by atoms with van der Waals surface area (Å²) in [5, 5.41) is 3.27. The Balaban J connectivity index is 2.18. The van der Waals surface area contributed by atoms with Gasteiger partial charge in [-0.25, -0.2) is 0 Å². The van der Waals surface area contributed by atoms with Crippen LogP contribution in [-0.2, 0) is 0 Å². The largest absolute Gasteiger partial charge is 0.397 e. The third kappa shape index (κ3) is 2.83. The van der Waals surface area contributed by atoms with E-state index >= 15 is 0 Å². The molecule has 0 radical (unpaired) electrons. The Morgan fingerprint density at radius 3 is 2.91 bits per heavy atom. The van der Waals surface area contributed by atoms with Gasteiger partial charge in [-0.3, -0.25) is 0 Å². The van der Waals surface area contributed by atoms with Gasteiger partial charge in [-0.1, -0.05) is 24.8 Å². The molecule has 0 spiro atoms. The van der Waals surface area contributed by atoms with Crippen LogP contribution in [-0.4, -0.2) is 13.2 Å². The molecule has 1 rings (SSSR count). The van der Waals surface area contributed by atoms with Crippen molar-refractivity contribution in [1.82, 2.24) is 5.32 Å². The van der Waals surface area contributed by atoms with Crippen molar-refractivity contribution in [2.24, 2.45) is 0 Å². The first kappa shape index (κ1) is 8.44. The summed E-state index contributed by atoms with van der Waals surface area (Å²) in [6, 6.07) is 0. The first-order valence-corrected chi connectivity index (χ1v) is 4.24. The van der Waals surface area contributed by atoms with Crippen LogP contribution in [0.3, 0.4) is 0 Å². The zero-order valence-electron chi connectivity index (χ0n) is 7.32. The number of rotatable bonds is 3. The lowest BCUT2D eigenvalue weighted by atomic mass is 9.48. The van der Waals surface area contributed by atoms with E-state index in [1.165, 1.54) is 24.6 Å². The molecule has 1 aliphatic heterocycles. The van der Waals surface area contributed by atoms with Crippen LogP contribution in [0.5, 0.6) is 0 Å². The molecule has 0 aromatic heterocycles. The summed E-state index contributed by atoms with van der Waals surface area (Å²) in [5.74, 6) is 0. The normalized spacial score (nSPS) is 17.2. The Morgan fingerprint density at radius 2 is 2.45 bits per heavy atom. The maximum atomic E-state index is 3.98. The third-order valence-corrected chi connectivity index (χ3v) is 2.18. The first-order chi connectivity index (χ1) is 5.18. The predicted molar refractivity (Wildman–Crippen MR) is 51.9 cm³/mol. The highest BCUT2D eigenvalue weighted by Gasteiger charge is 2.20. The van der Waals surface area contributed by atoms with Crippen LogP contribution < -0.4 is 5.32 Å². The van der Waals surface area contributed by atoms with Crippen molar-refractivity contribution >= 4 is 6.71 Å². The molecule has 0 unspecified atom stereocenters. The number of allylic oxidation sites excluding steroid dienone is 2. The number of hydrogen-bond acceptors (Lipinski definition) is 1. The van der Waals surface area contributed by atoms with Gasteiger partial charge < -0.3 is 5.32 Å². The summed E-state index contributed by atoms with van der Waals surface area (Å²) in [4.78, 5) is 0. The Hall–Kier alpha value is -0.655. The van der Waals surface area contributed by atoms with E-state index in [2.05, 4.69) is 18.5 Å². The van der Waals surface area contributed by atoms with Gasteiger partial charge >= 0.3 is 0 Å². The van der Waals surface area contributed by atoms with Gasteiger partial charge in [0.2, 0.25) is 0 Å². The monoisotopic (exact) mass is 149 g/mol. The fourth-order valence-corrected chi connectivity index (χ4v) is 1.51. The van der Waals surface area contributed by atoms with Crippen LogP contribution in [0.25, 0.3) is 0 Å². The predicted octanol–water partition coefficient (Wildman–Crippen LogP) is 2.10. The molecule has 0 atom stereocenters. The van der Waals surface area contributed by atoms with E-state index in [-0.39, 0.29) is 0 Å². The standard InChI is InChI=1S/C9H16BN/c1-8(2)11-7-10-5-4-9(3)6-10/h11H,1,3-7H2,2H3. The summed E-state index contributed by atoms with van der Waals surface area (Å²) in [6.45, 7) is 10.6. The summed E-state index contributed by atoms with van der Waals surface area (Å²) in [5.41, 5.74) is 2.49. The van der Waals surface area contributed by atoms with Gasteiger partial charge in [0.05, 0.1) is 0 Å². The summed E-state index contributed by atoms with van der Waals surface area (Å²) >= 11 is 0. The molecule has 0 aliphatic carbocycles. The lowest BCUT2D eigenvalue weighted by Gasteiger charge is -2.07. The van der Waals surface area contributed by atoms with Crippen molar-refractivity contribution in [3.05, 3.63) is 24.4 Å². The van der Waals surface area contributed by atoms with E-state index in [1.807, 2.05) is 6.92 Å². The van der Waals surface area contributed by atoms with Crippen LogP contribution >= 0.6 is 0 Å². The van der Waals surface area contributed by atoms with Gasteiger partial charge in [-0.15, -0.1) is 6.58 Å². The molecule has 1 aliphatic rings. The lowest BCUT2D eigenvalue weighted by Crippen LogP contribution is -2.26. The topological polar surface area (TPSA) is 12.0 Å². The van der Waals surface area contributed by atoms with E-state index in [9.17, 15) is 0 Å². The maximum absolute atomic E-state index is 3.98. The fourth-order valence-electron chi connectivity index (χ4n) is 1.51. The van der Waals surface area contributed by atoms with Crippen molar-refractivity contribution < 1.29 is 0 Å². The molecule has 1 N–H and O–H groups in total. The average molecular weight is 149 g/mol. The number of hydrogen-bond donors (Lipinski definition) is 1. The quantitative estimate of drug-likeness (QED) is 0.478. The van der Waals surface area contributed by atoms with Crippen LogP contribution in [0.15, 0.2) is 24.4 Å². The van der Waals surface area contributed by atoms with Gasteiger partial charge in [-0.2, -0.15) is 0 Å². The van der Waals surface area contributed by atoms with Gasteiger partial charge in [-0.05, 0) is 25.5 Å². The van der Waals surface area contributed by atoms with E-state index in [0.717, 1.165) is 18.9 Å². The van der Waals surface area contributed by atoms with E-state index in [4.69, 9.17) is 0 Å². The molecule has 0 saturated carbocycles. The highest BCUT2D eigenvalue weighted by Crippen LogP contribution is 2.23. The number of nitrogens with one attached hydrogen (secondary N) is 1. The molecule has 0 aromatic carbocycles. The average Bonchev–Trinajstić information content (AvgIpc) is 2.31. The van der Waals surface area contributed by atoms with Crippen molar-refractivity contribution in [2.45, 2.75) is 26.0 Å². The molecule has 11 heavy (non-hydrogen) atoms. The summed E-state index contributed by atoms with van der Waals surface area (Å²) in [6.07, 6.45) is 4.82. The third-order valence-electron chi connectivity index (χ3n) is 2.18. The Labute approximate surface area is 69.6 Å². The zero-order chi connectivity index (χ0) is 8.27.